The van der Waals surface area contributed by atoms with E-state index < -0.39 is 15.9 Å². The second-order valence-electron chi connectivity index (χ2n) is 4.20. The summed E-state index contributed by atoms with van der Waals surface area (Å²) < 4.78 is 30.2. The Morgan fingerprint density at radius 3 is 1.68 bits per heavy atom. The van der Waals surface area contributed by atoms with Crippen molar-refractivity contribution in [2.75, 3.05) is 25.5 Å². The normalized spacial score (nSPS) is 14.0. The summed E-state index contributed by atoms with van der Waals surface area (Å²) >= 11 is 0. The molecule has 0 bridgehead atoms. The van der Waals surface area contributed by atoms with Crippen LogP contribution in [0.5, 0.6) is 0 Å². The molecule has 0 aromatic carbocycles. The first-order chi connectivity index (χ1) is 8.43. The molecule has 0 aromatic rings. The van der Waals surface area contributed by atoms with Crippen molar-refractivity contribution in [1.82, 2.24) is 6.15 Å². The van der Waals surface area contributed by atoms with Crippen molar-refractivity contribution in [2.45, 2.75) is 53.4 Å². The van der Waals surface area contributed by atoms with Crippen LogP contribution in [0.2, 0.25) is 6.04 Å². The minimum atomic E-state index is -2.65. The molecule has 0 aliphatic heterocycles. The summed E-state index contributed by atoms with van der Waals surface area (Å²) in [6, 6.07) is 0.715. The molecule has 1 atom stereocenters. The molecule has 0 aliphatic rings. The predicted molar refractivity (Wildman–Crippen MR) is 83.7 cm³/mol. The molecular formula is C12H32NO4PSi. The summed E-state index contributed by atoms with van der Waals surface area (Å²) in [5, 5.41) is 0. The molecule has 0 spiro atoms. The molecule has 3 N–H and O–H groups in total. The van der Waals surface area contributed by atoms with Crippen LogP contribution < -0.4 is 6.15 Å². The van der Waals surface area contributed by atoms with Gasteiger partial charge in [-0.05, 0) is 20.8 Å². The maximum absolute atomic E-state index is 12.6. The molecule has 0 aliphatic carbocycles. The van der Waals surface area contributed by atoms with E-state index in [1.165, 1.54) is 0 Å². The van der Waals surface area contributed by atoms with E-state index in [2.05, 4.69) is 0 Å². The van der Waals surface area contributed by atoms with Gasteiger partial charge in [0.1, 0.15) is 7.14 Å². The Morgan fingerprint density at radius 1 is 1.00 bits per heavy atom. The zero-order chi connectivity index (χ0) is 14.2. The van der Waals surface area contributed by atoms with Crippen molar-refractivity contribution in [3.05, 3.63) is 0 Å². The average Bonchev–Trinajstić information content (AvgIpc) is 2.38. The first-order valence-electron chi connectivity index (χ1n) is 6.97. The van der Waals surface area contributed by atoms with E-state index in [0.29, 0.717) is 31.6 Å². The average molecular weight is 313 g/mol. The molecule has 118 valence electrons. The second kappa shape index (κ2) is 10.1. The fourth-order valence-electron chi connectivity index (χ4n) is 1.93. The topological polar surface area (TPSA) is 79.8 Å². The van der Waals surface area contributed by atoms with E-state index in [9.17, 15) is 4.57 Å². The maximum atomic E-state index is 12.6. The van der Waals surface area contributed by atoms with Gasteiger partial charge >= 0.3 is 8.80 Å². The lowest BCUT2D eigenvalue weighted by Crippen LogP contribution is -2.47. The fraction of sp³-hybridized carbons (Fsp3) is 1.00. The van der Waals surface area contributed by atoms with Gasteiger partial charge in [0.15, 0.2) is 0 Å². The molecule has 0 heterocycles. The third-order valence-electron chi connectivity index (χ3n) is 3.24. The highest BCUT2D eigenvalue weighted by molar-refractivity contribution is 7.64. The summed E-state index contributed by atoms with van der Waals surface area (Å²) in [5.74, 6) is -0.280. The summed E-state index contributed by atoms with van der Waals surface area (Å²) in [6.07, 6.45) is 1.33. The lowest BCUT2D eigenvalue weighted by molar-refractivity contribution is 0.0608. The molecule has 1 unspecified atom stereocenters. The smallest absolute Gasteiger partial charge is 0.374 e. The van der Waals surface area contributed by atoms with Crippen LogP contribution in [-0.4, -0.2) is 40.2 Å². The van der Waals surface area contributed by atoms with Crippen LogP contribution in [0.25, 0.3) is 0 Å². The van der Waals surface area contributed by atoms with Crippen LogP contribution in [0, 0.1) is 0 Å². The van der Waals surface area contributed by atoms with E-state index in [-0.39, 0.29) is 12.0 Å². The third kappa shape index (κ3) is 6.06. The van der Waals surface area contributed by atoms with Crippen LogP contribution in [-0.2, 0) is 17.8 Å². The Balaban J connectivity index is 0. The quantitative estimate of drug-likeness (QED) is 0.488. The Labute approximate surface area is 119 Å². The first-order valence-corrected chi connectivity index (χ1v) is 11.0. The molecule has 0 fully saturated rings. The standard InChI is InChI=1S/C12H29O4PSi.H3N/c1-7-14-18(11-5,15-8-2)16-12(6)17(13,9-3)10-4;/h12H,7-11H2,1-6H3;1H3. The minimum absolute atomic E-state index is 0. The van der Waals surface area contributed by atoms with Gasteiger partial charge in [0.25, 0.3) is 0 Å². The van der Waals surface area contributed by atoms with Gasteiger partial charge in [-0.1, -0.05) is 20.8 Å². The van der Waals surface area contributed by atoms with E-state index in [4.69, 9.17) is 13.3 Å². The molecule has 7 heteroatoms. The third-order valence-corrected chi connectivity index (χ3v) is 10.1. The van der Waals surface area contributed by atoms with Gasteiger partial charge in [0.2, 0.25) is 0 Å². The van der Waals surface area contributed by atoms with Gasteiger partial charge in [-0.2, -0.15) is 0 Å². The summed E-state index contributed by atoms with van der Waals surface area (Å²) in [6.45, 7) is 12.8. The van der Waals surface area contributed by atoms with Crippen molar-refractivity contribution < 1.29 is 17.8 Å². The van der Waals surface area contributed by atoms with Crippen molar-refractivity contribution in [3.63, 3.8) is 0 Å². The Bertz CT molecular complexity index is 264. The van der Waals surface area contributed by atoms with Gasteiger partial charge in [0.05, 0.1) is 5.85 Å². The van der Waals surface area contributed by atoms with E-state index in [1.807, 2.05) is 41.5 Å². The Kier molecular flexibility index (Phi) is 11.4. The molecule has 5 nitrogen and oxygen atoms in total. The van der Waals surface area contributed by atoms with Crippen LogP contribution in [0.1, 0.15) is 41.5 Å². The molecule has 0 radical (unpaired) electrons. The molecular weight excluding hydrogens is 281 g/mol. The predicted octanol–water partition coefficient (Wildman–Crippen LogP) is 3.95. The Hall–Kier alpha value is 0.287. The Morgan fingerprint density at radius 2 is 1.42 bits per heavy atom. The summed E-state index contributed by atoms with van der Waals surface area (Å²) in [7, 11) is -4.92. The van der Waals surface area contributed by atoms with Gasteiger partial charge in [-0.3, -0.25) is 0 Å². The van der Waals surface area contributed by atoms with Gasteiger partial charge in [-0.25, -0.2) is 0 Å². The number of hydrogen-bond donors (Lipinski definition) is 1. The maximum Gasteiger partial charge on any atom is 0.501 e. The van der Waals surface area contributed by atoms with Crippen molar-refractivity contribution in [2.24, 2.45) is 0 Å². The monoisotopic (exact) mass is 313 g/mol. The molecule has 0 saturated heterocycles. The van der Waals surface area contributed by atoms with Gasteiger partial charge in [-0.15, -0.1) is 0 Å². The highest BCUT2D eigenvalue weighted by Gasteiger charge is 2.43. The van der Waals surface area contributed by atoms with E-state index in [1.54, 1.807) is 0 Å². The van der Waals surface area contributed by atoms with E-state index >= 15 is 0 Å². The second-order valence-corrected chi connectivity index (χ2v) is 11.0. The molecule has 0 rings (SSSR count). The van der Waals surface area contributed by atoms with Crippen LogP contribution in [0.4, 0.5) is 0 Å². The largest absolute Gasteiger partial charge is 0.501 e. The number of rotatable bonds is 10. The fourth-order valence-corrected chi connectivity index (χ4v) is 6.85. The highest BCUT2D eigenvalue weighted by atomic mass is 31.2. The van der Waals surface area contributed by atoms with Crippen LogP contribution in [0.15, 0.2) is 0 Å². The highest BCUT2D eigenvalue weighted by Crippen LogP contribution is 2.51. The van der Waals surface area contributed by atoms with E-state index in [0.717, 1.165) is 0 Å². The molecule has 19 heavy (non-hydrogen) atoms. The zero-order valence-corrected chi connectivity index (χ0v) is 15.3. The van der Waals surface area contributed by atoms with Crippen molar-refractivity contribution in [1.29, 1.82) is 0 Å². The zero-order valence-electron chi connectivity index (χ0n) is 13.4. The van der Waals surface area contributed by atoms with Gasteiger partial charge in [0, 0.05) is 31.6 Å². The lowest BCUT2D eigenvalue weighted by Gasteiger charge is -2.33. The number of hydrogen-bond acceptors (Lipinski definition) is 5. The van der Waals surface area contributed by atoms with Crippen LogP contribution >= 0.6 is 7.14 Å². The van der Waals surface area contributed by atoms with Crippen molar-refractivity contribution >= 4 is 15.9 Å². The van der Waals surface area contributed by atoms with Crippen molar-refractivity contribution in [3.8, 4) is 0 Å². The summed E-state index contributed by atoms with van der Waals surface area (Å²) in [5.41, 5.74) is 0. The molecule has 0 amide bonds. The SMILES string of the molecule is CCO[Si](CC)(OCC)OC(C)P(=O)(CC)CC.N. The lowest BCUT2D eigenvalue weighted by atomic mass is 10.9. The molecule has 0 aromatic heterocycles. The molecule has 0 saturated carbocycles. The minimum Gasteiger partial charge on any atom is -0.374 e. The summed E-state index contributed by atoms with van der Waals surface area (Å²) in [4.78, 5) is 0. The van der Waals surface area contributed by atoms with Crippen LogP contribution in [0.3, 0.4) is 0 Å². The first kappa shape index (κ1) is 21.6. The van der Waals surface area contributed by atoms with Gasteiger partial charge < -0.3 is 24.0 Å².